The smallest absolute Gasteiger partial charge is 0.316 e. The molecule has 4 rings (SSSR count). The summed E-state index contributed by atoms with van der Waals surface area (Å²) in [6.45, 7) is 11.3. The van der Waals surface area contributed by atoms with Crippen LogP contribution in [0.2, 0.25) is 0 Å². The molecule has 0 saturated heterocycles. The van der Waals surface area contributed by atoms with Crippen molar-refractivity contribution in [3.05, 3.63) is 46.7 Å². The number of rotatable bonds is 10. The molecule has 0 radical (unpaired) electrons. The lowest BCUT2D eigenvalue weighted by Gasteiger charge is -2.27. The van der Waals surface area contributed by atoms with Crippen LogP contribution in [-0.2, 0) is 14.3 Å². The summed E-state index contributed by atoms with van der Waals surface area (Å²) in [6, 6.07) is 12.8. The van der Waals surface area contributed by atoms with Crippen molar-refractivity contribution in [1.29, 1.82) is 0 Å². The second kappa shape index (κ2) is 10.6. The molecule has 8 heteroatoms. The molecule has 1 aliphatic rings. The van der Waals surface area contributed by atoms with Gasteiger partial charge in [0.05, 0.1) is 17.0 Å². The number of carbonyl (C=O) groups excluding carboxylic acids is 1. The third kappa shape index (κ3) is 6.86. The summed E-state index contributed by atoms with van der Waals surface area (Å²) in [5, 5.41) is 11.6. The van der Waals surface area contributed by atoms with Crippen molar-refractivity contribution >= 4 is 44.4 Å². The Bertz CT molecular complexity index is 1200. The van der Waals surface area contributed by atoms with E-state index in [4.69, 9.17) is 9.47 Å². The maximum Gasteiger partial charge on any atom is 0.316 e. The third-order valence-electron chi connectivity index (χ3n) is 6.03. The zero-order chi connectivity index (χ0) is 25.2. The van der Waals surface area contributed by atoms with Gasteiger partial charge in [-0.25, -0.2) is 0 Å². The van der Waals surface area contributed by atoms with Gasteiger partial charge in [-0.15, -0.1) is 10.2 Å². The van der Waals surface area contributed by atoms with E-state index >= 15 is 0 Å². The fraction of sp³-hybridized carbons (Fsp3) is 0.519. The number of esters is 1. The molecule has 3 aromatic rings. The Labute approximate surface area is 220 Å². The maximum absolute atomic E-state index is 12.5. The molecule has 0 unspecified atom stereocenters. The number of thioether (sulfide) groups is 1. The van der Waals surface area contributed by atoms with Gasteiger partial charge in [0.15, 0.2) is 5.16 Å². The first-order valence-electron chi connectivity index (χ1n) is 12.1. The number of halogens is 1. The number of aromatic nitrogens is 3. The average molecular weight is 561 g/mol. The molecular formula is C27H34BrN3O3S. The molecule has 35 heavy (non-hydrogen) atoms. The second-order valence-electron chi connectivity index (χ2n) is 10.9. The molecule has 1 heterocycles. The lowest BCUT2D eigenvalue weighted by molar-refractivity contribution is -0.150. The zero-order valence-corrected chi connectivity index (χ0v) is 23.5. The Kier molecular flexibility index (Phi) is 7.93. The monoisotopic (exact) mass is 559 g/mol. The molecule has 0 atom stereocenters. The van der Waals surface area contributed by atoms with Gasteiger partial charge < -0.3 is 9.47 Å². The highest BCUT2D eigenvalue weighted by Gasteiger charge is 2.27. The van der Waals surface area contributed by atoms with Crippen molar-refractivity contribution in [3.8, 4) is 5.69 Å². The standard InChI is InChI=1S/C27H34BrN3O3S/c1-26(2,3)14-15-34-27(4,5)17-33-23(32)16-35-25-30-29-24(28)31(25)22-13-12-19(18-10-11-18)20-8-6-7-9-21(20)22/h6-9,12-13,18H,10-11,14-17H2,1-5H3. The van der Waals surface area contributed by atoms with E-state index in [1.165, 1.54) is 35.6 Å². The van der Waals surface area contributed by atoms with E-state index in [-0.39, 0.29) is 23.7 Å². The molecule has 1 fully saturated rings. The summed E-state index contributed by atoms with van der Waals surface area (Å²) in [5.74, 6) is 0.493. The molecule has 6 nitrogen and oxygen atoms in total. The van der Waals surface area contributed by atoms with E-state index < -0.39 is 5.60 Å². The number of benzene rings is 2. The summed E-state index contributed by atoms with van der Waals surface area (Å²) in [7, 11) is 0. The highest BCUT2D eigenvalue weighted by atomic mass is 79.9. The van der Waals surface area contributed by atoms with Crippen molar-refractivity contribution < 1.29 is 14.3 Å². The van der Waals surface area contributed by atoms with Gasteiger partial charge in [0.25, 0.3) is 0 Å². The number of hydrogen-bond donors (Lipinski definition) is 0. The minimum absolute atomic E-state index is 0.140. The molecule has 0 N–H and O–H groups in total. The lowest BCUT2D eigenvalue weighted by atomic mass is 9.93. The zero-order valence-electron chi connectivity index (χ0n) is 21.1. The van der Waals surface area contributed by atoms with Crippen LogP contribution in [0.15, 0.2) is 46.3 Å². The highest BCUT2D eigenvalue weighted by Crippen LogP contribution is 2.44. The first-order chi connectivity index (χ1) is 16.5. The van der Waals surface area contributed by atoms with Gasteiger partial charge in [-0.3, -0.25) is 9.36 Å². The van der Waals surface area contributed by atoms with Gasteiger partial charge >= 0.3 is 5.97 Å². The number of carbonyl (C=O) groups is 1. The lowest BCUT2D eigenvalue weighted by Crippen LogP contribution is -2.33. The van der Waals surface area contributed by atoms with Gasteiger partial charge in [0.1, 0.15) is 6.61 Å². The van der Waals surface area contributed by atoms with Gasteiger partial charge in [-0.05, 0) is 77.4 Å². The van der Waals surface area contributed by atoms with Gasteiger partial charge in [-0.2, -0.15) is 0 Å². The van der Waals surface area contributed by atoms with Gasteiger partial charge in [0.2, 0.25) is 4.73 Å². The minimum Gasteiger partial charge on any atom is -0.462 e. The van der Waals surface area contributed by atoms with Crippen LogP contribution < -0.4 is 0 Å². The molecule has 1 saturated carbocycles. The largest absolute Gasteiger partial charge is 0.462 e. The van der Waals surface area contributed by atoms with E-state index in [1.807, 2.05) is 18.4 Å². The van der Waals surface area contributed by atoms with E-state index in [2.05, 4.69) is 83.3 Å². The molecule has 1 aromatic heterocycles. The van der Waals surface area contributed by atoms with E-state index in [1.54, 1.807) is 0 Å². The van der Waals surface area contributed by atoms with Crippen LogP contribution in [0.25, 0.3) is 16.5 Å². The molecule has 1 aliphatic carbocycles. The Balaban J connectivity index is 1.41. The molecule has 2 aromatic carbocycles. The van der Waals surface area contributed by atoms with Gasteiger partial charge in [0, 0.05) is 12.0 Å². The predicted octanol–water partition coefficient (Wildman–Crippen LogP) is 6.93. The van der Waals surface area contributed by atoms with E-state index in [0.29, 0.717) is 22.4 Å². The number of nitrogens with zero attached hydrogens (tertiary/aromatic N) is 3. The third-order valence-corrected chi connectivity index (χ3v) is 7.45. The maximum atomic E-state index is 12.5. The summed E-state index contributed by atoms with van der Waals surface area (Å²) in [5.41, 5.74) is 2.07. The van der Waals surface area contributed by atoms with Crippen LogP contribution in [0, 0.1) is 5.41 Å². The van der Waals surface area contributed by atoms with Gasteiger partial charge in [-0.1, -0.05) is 62.9 Å². The van der Waals surface area contributed by atoms with Crippen molar-refractivity contribution in [1.82, 2.24) is 14.8 Å². The fourth-order valence-electron chi connectivity index (χ4n) is 3.89. The Morgan fingerprint density at radius 3 is 2.49 bits per heavy atom. The normalized spacial score (nSPS) is 14.5. The van der Waals surface area contributed by atoms with Crippen LogP contribution in [0.3, 0.4) is 0 Å². The topological polar surface area (TPSA) is 66.2 Å². The van der Waals surface area contributed by atoms with Crippen molar-refractivity contribution in [2.24, 2.45) is 5.41 Å². The van der Waals surface area contributed by atoms with Crippen LogP contribution >= 0.6 is 27.7 Å². The summed E-state index contributed by atoms with van der Waals surface area (Å²) in [6.07, 6.45) is 3.45. The van der Waals surface area contributed by atoms with Crippen LogP contribution in [0.4, 0.5) is 0 Å². The Hall–Kier alpha value is -1.90. The quantitative estimate of drug-likeness (QED) is 0.198. The van der Waals surface area contributed by atoms with Crippen LogP contribution in [0.1, 0.15) is 65.4 Å². The highest BCUT2D eigenvalue weighted by molar-refractivity contribution is 9.10. The number of fused-ring (bicyclic) bond motifs is 1. The molecule has 0 bridgehead atoms. The fourth-order valence-corrected chi connectivity index (χ4v) is 5.19. The van der Waals surface area contributed by atoms with Crippen LogP contribution in [-0.4, -0.2) is 45.3 Å². The Morgan fingerprint density at radius 2 is 1.80 bits per heavy atom. The average Bonchev–Trinajstić information content (AvgIpc) is 3.57. The SMILES string of the molecule is CC(C)(C)CCOC(C)(C)COC(=O)CSc1nnc(Br)n1-c1ccc(C2CC2)c2ccccc12. The first kappa shape index (κ1) is 26.2. The predicted molar refractivity (Wildman–Crippen MR) is 144 cm³/mol. The van der Waals surface area contributed by atoms with Crippen LogP contribution in [0.5, 0.6) is 0 Å². The van der Waals surface area contributed by atoms with Crippen molar-refractivity contribution in [3.63, 3.8) is 0 Å². The molecular weight excluding hydrogens is 526 g/mol. The minimum atomic E-state index is -0.531. The summed E-state index contributed by atoms with van der Waals surface area (Å²) >= 11 is 4.86. The van der Waals surface area contributed by atoms with Crippen molar-refractivity contribution in [2.45, 2.75) is 70.6 Å². The molecule has 0 aliphatic heterocycles. The summed E-state index contributed by atoms with van der Waals surface area (Å²) < 4.78 is 14.0. The van der Waals surface area contributed by atoms with E-state index in [9.17, 15) is 4.79 Å². The Morgan fingerprint density at radius 1 is 1.09 bits per heavy atom. The molecule has 0 amide bonds. The van der Waals surface area contributed by atoms with Crippen molar-refractivity contribution in [2.75, 3.05) is 19.0 Å². The number of hydrogen-bond acceptors (Lipinski definition) is 6. The molecule has 0 spiro atoms. The first-order valence-corrected chi connectivity index (χ1v) is 13.9. The molecule has 188 valence electrons. The number of ether oxygens (including phenoxy) is 2. The second-order valence-corrected chi connectivity index (χ2v) is 12.6. The summed E-state index contributed by atoms with van der Waals surface area (Å²) in [4.78, 5) is 12.5. The van der Waals surface area contributed by atoms with E-state index in [0.717, 1.165) is 17.5 Å².